The number of carbonyl (C=O) groups excluding carboxylic acids is 1. The van der Waals surface area contributed by atoms with Crippen molar-refractivity contribution in [2.24, 2.45) is 0 Å². The number of amides is 1. The van der Waals surface area contributed by atoms with Crippen LogP contribution in [0.1, 0.15) is 24.0 Å². The summed E-state index contributed by atoms with van der Waals surface area (Å²) >= 11 is 0. The smallest absolute Gasteiger partial charge is 0.413 e. The molecule has 2 aromatic rings. The molecule has 168 valence electrons. The highest BCUT2D eigenvalue weighted by Gasteiger charge is 2.58. The number of fused-ring (bicyclic) bond motifs is 3. The first-order chi connectivity index (χ1) is 15.3. The first-order valence-electron chi connectivity index (χ1n) is 10.9. The largest absolute Gasteiger partial charge is 0.447 e. The van der Waals surface area contributed by atoms with E-state index in [0.717, 1.165) is 16.8 Å². The van der Waals surface area contributed by atoms with Crippen molar-refractivity contribution in [1.82, 2.24) is 9.21 Å². The zero-order chi connectivity index (χ0) is 22.5. The monoisotopic (exact) mass is 453 g/mol. The number of para-hydroxylation sites is 1. The zero-order valence-corrected chi connectivity index (χ0v) is 19.1. The SMILES string of the molecule is Cc1ccc(S(=O)(=O)N2CC[C@@]3(C/C=C/N4CCOC4=O)c4ccccc4N(C)[C@@H]23)cc1. The molecule has 0 aromatic heterocycles. The highest BCUT2D eigenvalue weighted by Crippen LogP contribution is 2.54. The standard InChI is InChI=1S/C24H27N3O4S/c1-18-8-10-19(11-9-18)32(29,30)27-15-13-24(12-5-14-26-16-17-31-23(26)28)20-6-3-4-7-21(20)25(2)22(24)27/h3-11,14,22H,12-13,15-17H2,1-2H3/b14-5+/t22-,24-/m0/s1. The van der Waals surface area contributed by atoms with Crippen molar-refractivity contribution in [3.63, 3.8) is 0 Å². The van der Waals surface area contributed by atoms with Crippen LogP contribution in [0, 0.1) is 6.92 Å². The second-order valence-electron chi connectivity index (χ2n) is 8.73. The third-order valence-electron chi connectivity index (χ3n) is 6.92. The highest BCUT2D eigenvalue weighted by molar-refractivity contribution is 7.89. The fourth-order valence-electron chi connectivity index (χ4n) is 5.35. The molecule has 1 amide bonds. The molecule has 0 saturated carbocycles. The molecule has 5 rings (SSSR count). The number of hydrogen-bond acceptors (Lipinski definition) is 5. The maximum atomic E-state index is 13.7. The van der Waals surface area contributed by atoms with Crippen molar-refractivity contribution >= 4 is 21.8 Å². The lowest BCUT2D eigenvalue weighted by Gasteiger charge is -2.35. The first kappa shape index (κ1) is 21.0. The molecule has 3 heterocycles. The molecule has 2 saturated heterocycles. The van der Waals surface area contributed by atoms with E-state index in [0.29, 0.717) is 37.4 Å². The van der Waals surface area contributed by atoms with Crippen LogP contribution >= 0.6 is 0 Å². The molecular weight excluding hydrogens is 426 g/mol. The molecule has 2 aromatic carbocycles. The van der Waals surface area contributed by atoms with Gasteiger partial charge in [0.2, 0.25) is 10.0 Å². The van der Waals surface area contributed by atoms with E-state index in [9.17, 15) is 13.2 Å². The molecule has 0 spiro atoms. The molecule has 7 nitrogen and oxygen atoms in total. The number of anilines is 1. The van der Waals surface area contributed by atoms with Crippen molar-refractivity contribution in [3.8, 4) is 0 Å². The Balaban J connectivity index is 1.53. The third kappa shape index (κ3) is 3.12. The van der Waals surface area contributed by atoms with Gasteiger partial charge in [-0.1, -0.05) is 42.0 Å². The number of rotatable bonds is 5. The molecule has 0 radical (unpaired) electrons. The van der Waals surface area contributed by atoms with Crippen LogP contribution in [-0.4, -0.2) is 56.6 Å². The molecular formula is C24H27N3O4S. The highest BCUT2D eigenvalue weighted by atomic mass is 32.2. The average molecular weight is 454 g/mol. The summed E-state index contributed by atoms with van der Waals surface area (Å²) in [4.78, 5) is 15.8. The number of cyclic esters (lactones) is 1. The van der Waals surface area contributed by atoms with E-state index in [1.54, 1.807) is 27.5 Å². The Kier molecular flexibility index (Phi) is 5.02. The van der Waals surface area contributed by atoms with Crippen LogP contribution in [0.25, 0.3) is 0 Å². The Morgan fingerprint density at radius 1 is 1.12 bits per heavy atom. The summed E-state index contributed by atoms with van der Waals surface area (Å²) in [5.41, 5.74) is 2.84. The van der Waals surface area contributed by atoms with Crippen LogP contribution < -0.4 is 4.90 Å². The molecule has 0 N–H and O–H groups in total. The van der Waals surface area contributed by atoms with E-state index in [1.165, 1.54) is 0 Å². The second-order valence-corrected chi connectivity index (χ2v) is 10.6. The van der Waals surface area contributed by atoms with Gasteiger partial charge in [0.15, 0.2) is 0 Å². The van der Waals surface area contributed by atoms with Gasteiger partial charge >= 0.3 is 6.09 Å². The maximum Gasteiger partial charge on any atom is 0.413 e. The molecule has 0 bridgehead atoms. The van der Waals surface area contributed by atoms with Crippen LogP contribution in [0.3, 0.4) is 0 Å². The Morgan fingerprint density at radius 2 is 1.88 bits per heavy atom. The third-order valence-corrected chi connectivity index (χ3v) is 8.79. The molecule has 8 heteroatoms. The summed E-state index contributed by atoms with van der Waals surface area (Å²) < 4.78 is 34.0. The van der Waals surface area contributed by atoms with E-state index >= 15 is 0 Å². The van der Waals surface area contributed by atoms with Crippen molar-refractivity contribution in [2.45, 2.75) is 36.2 Å². The van der Waals surface area contributed by atoms with Crippen molar-refractivity contribution in [1.29, 1.82) is 0 Å². The quantitative estimate of drug-likeness (QED) is 0.694. The number of nitrogens with zero attached hydrogens (tertiary/aromatic N) is 3. The van der Waals surface area contributed by atoms with Crippen molar-refractivity contribution in [2.75, 3.05) is 31.6 Å². The van der Waals surface area contributed by atoms with Gasteiger partial charge in [0.05, 0.1) is 11.4 Å². The minimum absolute atomic E-state index is 0.318. The molecule has 0 unspecified atom stereocenters. The van der Waals surface area contributed by atoms with Gasteiger partial charge < -0.3 is 9.64 Å². The number of ether oxygens (including phenoxy) is 1. The lowest BCUT2D eigenvalue weighted by atomic mass is 9.76. The van der Waals surface area contributed by atoms with Gasteiger partial charge in [-0.25, -0.2) is 13.2 Å². The Bertz CT molecular complexity index is 1180. The summed E-state index contributed by atoms with van der Waals surface area (Å²) in [6.45, 7) is 3.32. The van der Waals surface area contributed by atoms with Crippen molar-refractivity contribution in [3.05, 3.63) is 71.9 Å². The van der Waals surface area contributed by atoms with Gasteiger partial charge in [0.25, 0.3) is 0 Å². The molecule has 0 aliphatic carbocycles. The van der Waals surface area contributed by atoms with Crippen LogP contribution in [0.5, 0.6) is 0 Å². The molecule has 2 fully saturated rings. The number of sulfonamides is 1. The number of allylic oxidation sites excluding steroid dienone is 1. The maximum absolute atomic E-state index is 13.7. The van der Waals surface area contributed by atoms with E-state index in [4.69, 9.17) is 4.74 Å². The fraction of sp³-hybridized carbons (Fsp3) is 0.375. The average Bonchev–Trinajstić information content (AvgIpc) is 3.43. The summed E-state index contributed by atoms with van der Waals surface area (Å²) in [7, 11) is -1.70. The lowest BCUT2D eigenvalue weighted by molar-refractivity contribution is 0.166. The normalized spacial score (nSPS) is 25.4. The van der Waals surface area contributed by atoms with Crippen LogP contribution in [0.2, 0.25) is 0 Å². The van der Waals surface area contributed by atoms with Crippen LogP contribution in [0.4, 0.5) is 10.5 Å². The summed E-state index contributed by atoms with van der Waals surface area (Å²) in [5, 5.41) is 0. The summed E-state index contributed by atoms with van der Waals surface area (Å²) in [5.74, 6) is 0. The second kappa shape index (κ2) is 7.64. The molecule has 32 heavy (non-hydrogen) atoms. The van der Waals surface area contributed by atoms with Gasteiger partial charge in [-0.15, -0.1) is 0 Å². The Morgan fingerprint density at radius 3 is 2.59 bits per heavy atom. The van der Waals surface area contributed by atoms with Gasteiger partial charge in [-0.2, -0.15) is 4.31 Å². The first-order valence-corrected chi connectivity index (χ1v) is 12.3. The van der Waals surface area contributed by atoms with Gasteiger partial charge in [0.1, 0.15) is 12.8 Å². The summed E-state index contributed by atoms with van der Waals surface area (Å²) in [6, 6.07) is 15.2. The van der Waals surface area contributed by atoms with Gasteiger partial charge in [-0.3, -0.25) is 4.90 Å². The predicted molar refractivity (Wildman–Crippen MR) is 122 cm³/mol. The number of benzene rings is 2. The molecule has 3 aliphatic heterocycles. The summed E-state index contributed by atoms with van der Waals surface area (Å²) in [6.07, 6.45) is 4.42. The topological polar surface area (TPSA) is 70.2 Å². The van der Waals surface area contributed by atoms with Crippen molar-refractivity contribution < 1.29 is 17.9 Å². The number of hydrogen-bond donors (Lipinski definition) is 0. The number of carbonyl (C=O) groups is 1. The minimum Gasteiger partial charge on any atom is -0.447 e. The molecule has 2 atom stereocenters. The molecule has 3 aliphatic rings. The minimum atomic E-state index is -3.66. The number of likely N-dealkylation sites (N-methyl/N-ethyl adjacent to an activating group) is 1. The zero-order valence-electron chi connectivity index (χ0n) is 18.3. The fourth-order valence-corrected chi connectivity index (χ4v) is 7.04. The van der Waals surface area contributed by atoms with E-state index < -0.39 is 10.0 Å². The van der Waals surface area contributed by atoms with Gasteiger partial charge in [-0.05, 0) is 43.5 Å². The van der Waals surface area contributed by atoms with E-state index in [1.807, 2.05) is 50.4 Å². The lowest BCUT2D eigenvalue weighted by Crippen LogP contribution is -2.50. The van der Waals surface area contributed by atoms with Crippen LogP contribution in [0.15, 0.2) is 65.7 Å². The Labute approximate surface area is 188 Å². The number of aryl methyl sites for hydroxylation is 1. The van der Waals surface area contributed by atoms with Crippen LogP contribution in [-0.2, 0) is 20.2 Å². The van der Waals surface area contributed by atoms with E-state index in [2.05, 4.69) is 11.0 Å². The predicted octanol–water partition coefficient (Wildman–Crippen LogP) is 3.46. The van der Waals surface area contributed by atoms with E-state index in [-0.39, 0.29) is 17.7 Å². The van der Waals surface area contributed by atoms with Gasteiger partial charge in [0, 0.05) is 30.9 Å². The Hall–Kier alpha value is -2.84.